The van der Waals surface area contributed by atoms with Crippen molar-refractivity contribution in [2.24, 2.45) is 0 Å². The molecule has 0 aliphatic rings. The molecule has 2 rings (SSSR count). The maximum absolute atomic E-state index is 11.8. The number of nitrogens with one attached hydrogen (secondary N) is 3. The van der Waals surface area contributed by atoms with Gasteiger partial charge in [0.2, 0.25) is 0 Å². The van der Waals surface area contributed by atoms with Crippen LogP contribution in [0.5, 0.6) is 0 Å². The van der Waals surface area contributed by atoms with Crippen molar-refractivity contribution in [3.63, 3.8) is 0 Å². The van der Waals surface area contributed by atoms with Crippen LogP contribution in [-0.2, 0) is 0 Å². The Morgan fingerprint density at radius 2 is 2.00 bits per heavy atom. The largest absolute Gasteiger partial charge is 0.303 e. The van der Waals surface area contributed by atoms with Gasteiger partial charge in [-0.2, -0.15) is 5.10 Å². The summed E-state index contributed by atoms with van der Waals surface area (Å²) >= 11 is 0. The van der Waals surface area contributed by atoms with Gasteiger partial charge in [-0.15, -0.1) is 0 Å². The van der Waals surface area contributed by atoms with Crippen molar-refractivity contribution in [2.45, 2.75) is 13.8 Å². The summed E-state index contributed by atoms with van der Waals surface area (Å²) in [6.45, 7) is 3.75. The fourth-order valence-corrected chi connectivity index (χ4v) is 1.49. The summed E-state index contributed by atoms with van der Waals surface area (Å²) in [5, 5.41) is 6.85. The average molecular weight is 256 g/mol. The van der Waals surface area contributed by atoms with Crippen molar-refractivity contribution in [1.82, 2.24) is 21.0 Å². The van der Waals surface area contributed by atoms with Crippen LogP contribution >= 0.6 is 0 Å². The number of carbonyl (C=O) groups excluding carboxylic acids is 1. The smallest absolute Gasteiger partial charge is 0.287 e. The highest BCUT2D eigenvalue weighted by Gasteiger charge is 2.10. The molecule has 0 unspecified atom stereocenters. The van der Waals surface area contributed by atoms with Crippen LogP contribution in [0.25, 0.3) is 11.3 Å². The summed E-state index contributed by atoms with van der Waals surface area (Å²) < 4.78 is 0. The molecule has 0 fully saturated rings. The number of hydrogen-bond acceptors (Lipinski definition) is 3. The molecule has 0 radical (unpaired) electrons. The molecule has 3 N–H and O–H groups in total. The Morgan fingerprint density at radius 3 is 2.68 bits per heavy atom. The van der Waals surface area contributed by atoms with Gasteiger partial charge in [-0.3, -0.25) is 15.3 Å². The number of hydrogen-bond donors (Lipinski definition) is 3. The predicted molar refractivity (Wildman–Crippen MR) is 74.1 cm³/mol. The number of rotatable bonds is 4. The lowest BCUT2D eigenvalue weighted by molar-refractivity contribution is 0.0934. The van der Waals surface area contributed by atoms with Gasteiger partial charge in [0.1, 0.15) is 5.69 Å². The highest BCUT2D eigenvalue weighted by molar-refractivity contribution is 5.93. The van der Waals surface area contributed by atoms with E-state index in [0.29, 0.717) is 5.69 Å². The third kappa shape index (κ3) is 3.22. The molecule has 0 bridgehead atoms. The molecule has 1 heterocycles. The van der Waals surface area contributed by atoms with Crippen molar-refractivity contribution in [1.29, 1.82) is 0 Å². The SMILES string of the molecule is CC=C(C)NNC(=O)c1cc(-c2ccccc2)n[nH]1. The topological polar surface area (TPSA) is 69.8 Å². The normalized spacial score (nSPS) is 11.2. The van der Waals surface area contributed by atoms with E-state index in [1.54, 1.807) is 6.07 Å². The van der Waals surface area contributed by atoms with E-state index in [-0.39, 0.29) is 5.91 Å². The first kappa shape index (κ1) is 12.9. The van der Waals surface area contributed by atoms with Crippen LogP contribution in [0.3, 0.4) is 0 Å². The molecule has 1 aromatic carbocycles. The zero-order chi connectivity index (χ0) is 13.7. The predicted octanol–water partition coefficient (Wildman–Crippen LogP) is 2.23. The van der Waals surface area contributed by atoms with E-state index in [1.807, 2.05) is 50.3 Å². The summed E-state index contributed by atoms with van der Waals surface area (Å²) in [5.74, 6) is -0.254. The zero-order valence-electron chi connectivity index (χ0n) is 10.9. The van der Waals surface area contributed by atoms with Gasteiger partial charge in [0.25, 0.3) is 5.91 Å². The van der Waals surface area contributed by atoms with E-state index < -0.39 is 0 Å². The number of H-pyrrole nitrogens is 1. The first-order chi connectivity index (χ1) is 9.20. The van der Waals surface area contributed by atoms with E-state index in [4.69, 9.17) is 0 Å². The molecule has 5 heteroatoms. The van der Waals surface area contributed by atoms with Crippen LogP contribution in [0.1, 0.15) is 24.3 Å². The molecule has 1 aromatic heterocycles. The van der Waals surface area contributed by atoms with Gasteiger partial charge in [-0.1, -0.05) is 36.4 Å². The van der Waals surface area contributed by atoms with Crippen molar-refractivity contribution in [2.75, 3.05) is 0 Å². The van der Waals surface area contributed by atoms with Gasteiger partial charge in [-0.25, -0.2) is 0 Å². The minimum atomic E-state index is -0.254. The van der Waals surface area contributed by atoms with E-state index in [2.05, 4.69) is 21.0 Å². The number of carbonyl (C=O) groups is 1. The quantitative estimate of drug-likeness (QED) is 0.735. The molecular formula is C14H16N4O. The van der Waals surface area contributed by atoms with Gasteiger partial charge in [-0.05, 0) is 19.9 Å². The van der Waals surface area contributed by atoms with Crippen molar-refractivity contribution >= 4 is 5.91 Å². The maximum Gasteiger partial charge on any atom is 0.287 e. The third-order valence-corrected chi connectivity index (χ3v) is 2.70. The summed E-state index contributed by atoms with van der Waals surface area (Å²) in [6.07, 6.45) is 1.86. The number of aromatic amines is 1. The Kier molecular flexibility index (Phi) is 3.97. The molecule has 2 aromatic rings. The first-order valence-electron chi connectivity index (χ1n) is 6.01. The fraction of sp³-hybridized carbons (Fsp3) is 0.143. The fourth-order valence-electron chi connectivity index (χ4n) is 1.49. The number of amides is 1. The maximum atomic E-state index is 11.8. The van der Waals surface area contributed by atoms with E-state index in [9.17, 15) is 4.79 Å². The highest BCUT2D eigenvalue weighted by atomic mass is 16.2. The molecule has 0 spiro atoms. The molecule has 0 saturated heterocycles. The number of aromatic nitrogens is 2. The van der Waals surface area contributed by atoms with Gasteiger partial charge in [0.05, 0.1) is 5.69 Å². The molecule has 0 saturated carbocycles. The van der Waals surface area contributed by atoms with E-state index in [1.165, 1.54) is 0 Å². The minimum Gasteiger partial charge on any atom is -0.303 e. The Balaban J connectivity index is 2.07. The second kappa shape index (κ2) is 5.86. The molecule has 0 aliphatic heterocycles. The van der Waals surface area contributed by atoms with Crippen LogP contribution in [0.4, 0.5) is 0 Å². The Hall–Kier alpha value is -2.56. The molecule has 5 nitrogen and oxygen atoms in total. The number of nitrogens with zero attached hydrogens (tertiary/aromatic N) is 1. The van der Waals surface area contributed by atoms with Crippen molar-refractivity contribution in [3.8, 4) is 11.3 Å². The summed E-state index contributed by atoms with van der Waals surface area (Å²) in [4.78, 5) is 11.8. The average Bonchev–Trinajstić information content (AvgIpc) is 2.95. The monoisotopic (exact) mass is 256 g/mol. The zero-order valence-corrected chi connectivity index (χ0v) is 10.9. The third-order valence-electron chi connectivity index (χ3n) is 2.70. The molecule has 1 amide bonds. The lowest BCUT2D eigenvalue weighted by atomic mass is 10.1. The molecule has 19 heavy (non-hydrogen) atoms. The molecule has 0 atom stereocenters. The van der Waals surface area contributed by atoms with Gasteiger partial charge >= 0.3 is 0 Å². The number of benzene rings is 1. The van der Waals surface area contributed by atoms with Gasteiger partial charge in [0.15, 0.2) is 0 Å². The van der Waals surface area contributed by atoms with Crippen molar-refractivity contribution in [3.05, 3.63) is 53.9 Å². The standard InChI is InChI=1S/C14H16N4O/c1-3-10(2)15-18-14(19)13-9-12(16-17-13)11-7-5-4-6-8-11/h3-9,15H,1-2H3,(H,16,17)(H,18,19). The Labute approximate surface area is 111 Å². The Morgan fingerprint density at radius 1 is 1.26 bits per heavy atom. The summed E-state index contributed by atoms with van der Waals surface area (Å²) in [6, 6.07) is 11.4. The number of allylic oxidation sites excluding steroid dienone is 2. The van der Waals surface area contributed by atoms with Crippen LogP contribution < -0.4 is 10.9 Å². The number of hydrazine groups is 1. The lowest BCUT2D eigenvalue weighted by Gasteiger charge is -2.06. The van der Waals surface area contributed by atoms with Crippen LogP contribution in [0.2, 0.25) is 0 Å². The van der Waals surface area contributed by atoms with Crippen LogP contribution in [0.15, 0.2) is 48.2 Å². The Bertz CT molecular complexity index is 587. The van der Waals surface area contributed by atoms with Crippen LogP contribution in [0, 0.1) is 0 Å². The van der Waals surface area contributed by atoms with E-state index in [0.717, 1.165) is 17.0 Å². The first-order valence-corrected chi connectivity index (χ1v) is 6.01. The van der Waals surface area contributed by atoms with Gasteiger partial charge < -0.3 is 5.43 Å². The lowest BCUT2D eigenvalue weighted by Crippen LogP contribution is -2.36. The minimum absolute atomic E-state index is 0.254. The summed E-state index contributed by atoms with van der Waals surface area (Å²) in [7, 11) is 0. The molecular weight excluding hydrogens is 240 g/mol. The second-order valence-electron chi connectivity index (χ2n) is 4.08. The van der Waals surface area contributed by atoms with Gasteiger partial charge in [0, 0.05) is 11.3 Å². The van der Waals surface area contributed by atoms with Crippen molar-refractivity contribution < 1.29 is 4.79 Å². The highest BCUT2D eigenvalue weighted by Crippen LogP contribution is 2.16. The van der Waals surface area contributed by atoms with E-state index >= 15 is 0 Å². The van der Waals surface area contributed by atoms with Crippen LogP contribution in [-0.4, -0.2) is 16.1 Å². The second-order valence-corrected chi connectivity index (χ2v) is 4.08. The molecule has 98 valence electrons. The molecule has 0 aliphatic carbocycles. The summed E-state index contributed by atoms with van der Waals surface area (Å²) in [5.41, 5.74) is 8.37.